The largest absolute Gasteiger partial charge is 0.462 e. The van der Waals surface area contributed by atoms with Crippen molar-refractivity contribution < 1.29 is 28.6 Å². The standard InChI is InChI=1S/C60H92O6/c1-4-7-10-13-16-19-22-25-27-29-31-32-35-38-41-44-47-50-53-59(62)65-56-57(55-64-58(61)52-49-46-43-40-37-34-24-21-18-15-12-9-6-3)66-60(63)54-51-48-45-42-39-36-33-30-28-26-23-20-17-14-11-8-5-2/h9,12,15-16,18-19,21-22,24-29,31-34,36-37,40,42-43,45,57H,4-8,10-11,13-14,17,20,23,30,35,38-39,41,44,46-56H2,1-3H3/b12-9+,18-15+,19-16+,24-21+,25-22+,28-26+,29-27+,32-31+,36-33+,37-34+,43-40+,45-42+. The lowest BCUT2D eigenvalue weighted by Gasteiger charge is -2.18. The molecule has 368 valence electrons. The van der Waals surface area contributed by atoms with E-state index in [4.69, 9.17) is 14.2 Å². The highest BCUT2D eigenvalue weighted by atomic mass is 16.6. The average molecular weight is 909 g/mol. The van der Waals surface area contributed by atoms with Crippen molar-refractivity contribution in [2.75, 3.05) is 13.2 Å². The van der Waals surface area contributed by atoms with E-state index in [0.29, 0.717) is 19.3 Å². The van der Waals surface area contributed by atoms with Crippen LogP contribution in [0.2, 0.25) is 0 Å². The predicted molar refractivity (Wildman–Crippen MR) is 283 cm³/mol. The van der Waals surface area contributed by atoms with Gasteiger partial charge in [-0.2, -0.15) is 0 Å². The van der Waals surface area contributed by atoms with Gasteiger partial charge in [-0.1, -0.05) is 231 Å². The first-order chi connectivity index (χ1) is 32.5. The van der Waals surface area contributed by atoms with Crippen molar-refractivity contribution in [1.29, 1.82) is 0 Å². The quantitative estimate of drug-likeness (QED) is 0.0199. The van der Waals surface area contributed by atoms with Crippen LogP contribution in [0.5, 0.6) is 0 Å². The van der Waals surface area contributed by atoms with E-state index in [0.717, 1.165) is 77.0 Å². The van der Waals surface area contributed by atoms with Crippen molar-refractivity contribution in [3.05, 3.63) is 146 Å². The van der Waals surface area contributed by atoms with Crippen LogP contribution in [0.25, 0.3) is 0 Å². The van der Waals surface area contributed by atoms with Crippen molar-refractivity contribution >= 4 is 17.9 Å². The van der Waals surface area contributed by atoms with Crippen LogP contribution in [-0.4, -0.2) is 37.2 Å². The molecular weight excluding hydrogens is 817 g/mol. The van der Waals surface area contributed by atoms with Crippen molar-refractivity contribution in [3.8, 4) is 0 Å². The van der Waals surface area contributed by atoms with Crippen LogP contribution in [0.1, 0.15) is 194 Å². The molecule has 0 saturated carbocycles. The Balaban J connectivity index is 4.63. The molecule has 0 aliphatic carbocycles. The number of carbonyl (C=O) groups is 3. The summed E-state index contributed by atoms with van der Waals surface area (Å²) >= 11 is 0. The van der Waals surface area contributed by atoms with Gasteiger partial charge < -0.3 is 14.2 Å². The highest BCUT2D eigenvalue weighted by molar-refractivity contribution is 5.71. The van der Waals surface area contributed by atoms with Crippen molar-refractivity contribution in [1.82, 2.24) is 0 Å². The molecule has 1 atom stereocenters. The molecule has 0 heterocycles. The minimum atomic E-state index is -0.849. The molecule has 0 aromatic rings. The molecule has 0 aliphatic heterocycles. The smallest absolute Gasteiger partial charge is 0.306 e. The van der Waals surface area contributed by atoms with Crippen LogP contribution in [-0.2, 0) is 28.6 Å². The molecule has 0 amide bonds. The number of unbranched alkanes of at least 4 members (excludes halogenated alkanes) is 16. The Morgan fingerprint density at radius 2 is 0.667 bits per heavy atom. The molecule has 6 nitrogen and oxygen atoms in total. The molecule has 1 unspecified atom stereocenters. The van der Waals surface area contributed by atoms with Gasteiger partial charge >= 0.3 is 17.9 Å². The summed E-state index contributed by atoms with van der Waals surface area (Å²) in [4.78, 5) is 37.9. The first-order valence-electron chi connectivity index (χ1n) is 26.0. The van der Waals surface area contributed by atoms with Gasteiger partial charge in [0.1, 0.15) is 13.2 Å². The van der Waals surface area contributed by atoms with Gasteiger partial charge in [-0.25, -0.2) is 0 Å². The Bertz CT molecular complexity index is 1510. The van der Waals surface area contributed by atoms with Crippen LogP contribution in [0.3, 0.4) is 0 Å². The highest BCUT2D eigenvalue weighted by Crippen LogP contribution is 2.11. The summed E-state index contributed by atoms with van der Waals surface area (Å²) < 4.78 is 16.7. The molecule has 0 N–H and O–H groups in total. The Kier molecular flexibility index (Phi) is 49.1. The van der Waals surface area contributed by atoms with Gasteiger partial charge in [-0.05, 0) is 89.9 Å². The van der Waals surface area contributed by atoms with Gasteiger partial charge in [0.2, 0.25) is 0 Å². The Hall–Kier alpha value is -4.71. The molecule has 0 rings (SSSR count). The highest BCUT2D eigenvalue weighted by Gasteiger charge is 2.19. The average Bonchev–Trinajstić information content (AvgIpc) is 3.31. The van der Waals surface area contributed by atoms with E-state index in [-0.39, 0.29) is 38.0 Å². The monoisotopic (exact) mass is 909 g/mol. The summed E-state index contributed by atoms with van der Waals surface area (Å²) in [5.41, 5.74) is 0. The lowest BCUT2D eigenvalue weighted by Crippen LogP contribution is -2.30. The molecule has 0 fully saturated rings. The molecule has 0 spiro atoms. The van der Waals surface area contributed by atoms with Crippen LogP contribution in [0, 0.1) is 0 Å². The zero-order chi connectivity index (χ0) is 47.9. The number of ether oxygens (including phenoxy) is 3. The maximum atomic E-state index is 12.8. The summed E-state index contributed by atoms with van der Waals surface area (Å²) in [7, 11) is 0. The lowest BCUT2D eigenvalue weighted by molar-refractivity contribution is -0.167. The maximum Gasteiger partial charge on any atom is 0.306 e. The fourth-order valence-corrected chi connectivity index (χ4v) is 6.38. The van der Waals surface area contributed by atoms with Crippen molar-refractivity contribution in [3.63, 3.8) is 0 Å². The molecule has 0 aromatic carbocycles. The molecular formula is C60H92O6. The fourth-order valence-electron chi connectivity index (χ4n) is 6.38. The fraction of sp³-hybridized carbons (Fsp3) is 0.550. The minimum absolute atomic E-state index is 0.139. The third-order valence-corrected chi connectivity index (χ3v) is 10.3. The number of allylic oxidation sites excluding steroid dienone is 24. The summed E-state index contributed by atoms with van der Waals surface area (Å²) in [5, 5.41) is 0. The second kappa shape index (κ2) is 52.9. The van der Waals surface area contributed by atoms with E-state index >= 15 is 0 Å². The van der Waals surface area contributed by atoms with Crippen LogP contribution < -0.4 is 0 Å². The normalized spacial score (nSPS) is 13.3. The van der Waals surface area contributed by atoms with E-state index in [2.05, 4.69) is 112 Å². The zero-order valence-electron chi connectivity index (χ0n) is 41.9. The number of hydrogen-bond donors (Lipinski definition) is 0. The third kappa shape index (κ3) is 50.3. The second-order valence-electron chi connectivity index (χ2n) is 16.6. The van der Waals surface area contributed by atoms with Gasteiger partial charge in [-0.15, -0.1) is 0 Å². The van der Waals surface area contributed by atoms with Crippen LogP contribution in [0.4, 0.5) is 0 Å². The zero-order valence-corrected chi connectivity index (χ0v) is 41.9. The van der Waals surface area contributed by atoms with Crippen molar-refractivity contribution in [2.24, 2.45) is 0 Å². The van der Waals surface area contributed by atoms with Gasteiger partial charge in [0, 0.05) is 19.3 Å². The van der Waals surface area contributed by atoms with E-state index in [1.54, 1.807) is 0 Å². The lowest BCUT2D eigenvalue weighted by atomic mass is 10.1. The Morgan fingerprint density at radius 1 is 0.333 bits per heavy atom. The summed E-state index contributed by atoms with van der Waals surface area (Å²) in [6.45, 7) is 6.29. The van der Waals surface area contributed by atoms with Crippen molar-refractivity contribution in [2.45, 2.75) is 200 Å². The Morgan fingerprint density at radius 3 is 1.17 bits per heavy atom. The molecule has 0 radical (unpaired) electrons. The Labute approximate surface area is 404 Å². The summed E-state index contributed by atoms with van der Waals surface area (Å²) in [6.07, 6.45) is 75.5. The second-order valence-corrected chi connectivity index (χ2v) is 16.6. The van der Waals surface area contributed by atoms with Gasteiger partial charge in [0.05, 0.1) is 0 Å². The molecule has 0 saturated heterocycles. The first-order valence-corrected chi connectivity index (χ1v) is 26.0. The molecule has 0 bridgehead atoms. The molecule has 66 heavy (non-hydrogen) atoms. The maximum absolute atomic E-state index is 12.8. The number of esters is 3. The van der Waals surface area contributed by atoms with E-state index in [9.17, 15) is 14.4 Å². The molecule has 0 aliphatic rings. The van der Waals surface area contributed by atoms with Crippen LogP contribution in [0.15, 0.2) is 146 Å². The third-order valence-electron chi connectivity index (χ3n) is 10.3. The predicted octanol–water partition coefficient (Wildman–Crippen LogP) is 17.3. The van der Waals surface area contributed by atoms with Gasteiger partial charge in [0.25, 0.3) is 0 Å². The van der Waals surface area contributed by atoms with E-state index in [1.807, 2.05) is 54.7 Å². The van der Waals surface area contributed by atoms with Crippen LogP contribution >= 0.6 is 0 Å². The SMILES string of the molecule is CC/C=C/C=C/C=C/C=C/C=C/CCCC(=O)OCC(COC(=O)CCCCCCC/C=C/C=C/C=C/C=C/CCCCC)OC(=O)CCC/C=C/C/C=C/C/C=C/CCCCCCCC. The van der Waals surface area contributed by atoms with E-state index < -0.39 is 12.1 Å². The summed E-state index contributed by atoms with van der Waals surface area (Å²) in [6, 6.07) is 0. The number of rotatable bonds is 44. The van der Waals surface area contributed by atoms with E-state index in [1.165, 1.54) is 64.2 Å². The minimum Gasteiger partial charge on any atom is -0.462 e. The number of hydrogen-bond acceptors (Lipinski definition) is 6. The van der Waals surface area contributed by atoms with Gasteiger partial charge in [0.15, 0.2) is 6.10 Å². The number of carbonyl (C=O) groups excluding carboxylic acids is 3. The first kappa shape index (κ1) is 61.3. The van der Waals surface area contributed by atoms with Gasteiger partial charge in [-0.3, -0.25) is 14.4 Å². The molecule has 0 aromatic heterocycles. The topological polar surface area (TPSA) is 78.9 Å². The summed E-state index contributed by atoms with van der Waals surface area (Å²) in [5.74, 6) is -1.10. The molecule has 6 heteroatoms.